The third-order valence-electron chi connectivity index (χ3n) is 3.15. The van der Waals surface area contributed by atoms with Gasteiger partial charge in [-0.3, -0.25) is 9.71 Å². The average molecular weight is 378 g/mol. The number of hydrogen-bond donors (Lipinski definition) is 1. The number of anilines is 1. The van der Waals surface area contributed by atoms with Crippen molar-refractivity contribution in [3.8, 4) is 0 Å². The first-order valence-corrected chi connectivity index (χ1v) is 9.54. The fraction of sp³-hybridized carbons (Fsp3) is 0.643. The van der Waals surface area contributed by atoms with E-state index in [4.69, 9.17) is 0 Å². The van der Waals surface area contributed by atoms with Gasteiger partial charge in [-0.2, -0.15) is 12.7 Å². The Labute approximate surface area is 136 Å². The van der Waals surface area contributed by atoms with Crippen molar-refractivity contribution < 1.29 is 8.42 Å². The van der Waals surface area contributed by atoms with Crippen molar-refractivity contribution in [2.45, 2.75) is 46.5 Å². The summed E-state index contributed by atoms with van der Waals surface area (Å²) < 4.78 is 30.0. The first-order valence-electron chi connectivity index (χ1n) is 7.30. The number of hydrogen-bond acceptors (Lipinski definition) is 3. The minimum absolute atomic E-state index is 0.516. The number of unbranched alkanes of at least 4 members (excludes halogenated alkanes) is 2. The van der Waals surface area contributed by atoms with Gasteiger partial charge in [-0.05, 0) is 41.8 Å². The Balaban J connectivity index is 2.91. The summed E-state index contributed by atoms with van der Waals surface area (Å²) >= 11 is 3.31. The molecule has 0 atom stereocenters. The van der Waals surface area contributed by atoms with Crippen LogP contribution in [0.4, 0.5) is 5.69 Å². The van der Waals surface area contributed by atoms with E-state index in [-0.39, 0.29) is 0 Å². The summed E-state index contributed by atoms with van der Waals surface area (Å²) in [6.07, 6.45) is 5.31. The molecule has 0 aromatic carbocycles. The van der Waals surface area contributed by atoms with E-state index in [1.54, 1.807) is 19.2 Å². The second-order valence-corrected chi connectivity index (χ2v) is 7.59. The molecule has 1 heterocycles. The molecule has 1 aromatic heterocycles. The van der Waals surface area contributed by atoms with Crippen molar-refractivity contribution in [2.75, 3.05) is 17.8 Å². The van der Waals surface area contributed by atoms with Crippen LogP contribution in [0, 0.1) is 6.92 Å². The molecule has 1 rings (SSSR count). The van der Waals surface area contributed by atoms with Crippen LogP contribution in [0.15, 0.2) is 16.7 Å². The van der Waals surface area contributed by atoms with Crippen molar-refractivity contribution >= 4 is 31.8 Å². The van der Waals surface area contributed by atoms with Gasteiger partial charge in [-0.25, -0.2) is 0 Å². The summed E-state index contributed by atoms with van der Waals surface area (Å²) in [5, 5.41) is 0. The molecule has 0 saturated heterocycles. The van der Waals surface area contributed by atoms with E-state index < -0.39 is 10.2 Å². The standard InChI is InChI=1S/C14H24BrN3O2S/c1-4-6-8-18(9-7-5-2)21(19,20)17-14-10-13(15)11-16-12(14)3/h10-11,17H,4-9H2,1-3H3. The second-order valence-electron chi connectivity index (χ2n) is 5.00. The van der Waals surface area contributed by atoms with Gasteiger partial charge in [-0.15, -0.1) is 0 Å². The molecule has 1 N–H and O–H groups in total. The molecule has 5 nitrogen and oxygen atoms in total. The van der Waals surface area contributed by atoms with Crippen molar-refractivity contribution in [3.05, 3.63) is 22.4 Å². The first-order chi connectivity index (χ1) is 9.90. The van der Waals surface area contributed by atoms with Gasteiger partial charge in [0, 0.05) is 23.8 Å². The van der Waals surface area contributed by atoms with Crippen LogP contribution in [0.1, 0.15) is 45.2 Å². The maximum Gasteiger partial charge on any atom is 0.301 e. The molecule has 1 aromatic rings. The fourth-order valence-electron chi connectivity index (χ4n) is 1.84. The van der Waals surface area contributed by atoms with Gasteiger partial charge >= 0.3 is 10.2 Å². The van der Waals surface area contributed by atoms with Crippen LogP contribution in [-0.2, 0) is 10.2 Å². The van der Waals surface area contributed by atoms with Crippen LogP contribution in [0.3, 0.4) is 0 Å². The lowest BCUT2D eigenvalue weighted by atomic mass is 10.3. The molecular weight excluding hydrogens is 354 g/mol. The smallest absolute Gasteiger partial charge is 0.269 e. The third-order valence-corrected chi connectivity index (χ3v) is 5.11. The summed E-state index contributed by atoms with van der Waals surface area (Å²) in [6, 6.07) is 1.73. The Kier molecular flexibility index (Phi) is 7.62. The highest BCUT2D eigenvalue weighted by atomic mass is 79.9. The van der Waals surface area contributed by atoms with Crippen molar-refractivity contribution in [3.63, 3.8) is 0 Å². The highest BCUT2D eigenvalue weighted by Gasteiger charge is 2.21. The van der Waals surface area contributed by atoms with Gasteiger partial charge < -0.3 is 0 Å². The molecule has 120 valence electrons. The fourth-order valence-corrected chi connectivity index (χ4v) is 3.52. The van der Waals surface area contributed by atoms with E-state index in [0.29, 0.717) is 24.5 Å². The lowest BCUT2D eigenvalue weighted by Gasteiger charge is -2.23. The van der Waals surface area contributed by atoms with Crippen molar-refractivity contribution in [1.82, 2.24) is 9.29 Å². The minimum Gasteiger partial charge on any atom is -0.269 e. The van der Waals surface area contributed by atoms with Gasteiger partial charge in [-0.1, -0.05) is 26.7 Å². The van der Waals surface area contributed by atoms with Crippen LogP contribution in [0.25, 0.3) is 0 Å². The van der Waals surface area contributed by atoms with Crippen LogP contribution in [0.2, 0.25) is 0 Å². The van der Waals surface area contributed by atoms with Gasteiger partial charge in [0.2, 0.25) is 0 Å². The van der Waals surface area contributed by atoms with Crippen LogP contribution in [0.5, 0.6) is 0 Å². The molecule has 0 amide bonds. The molecule has 21 heavy (non-hydrogen) atoms. The second kappa shape index (κ2) is 8.70. The molecule has 0 aliphatic carbocycles. The normalized spacial score (nSPS) is 11.9. The molecule has 0 fully saturated rings. The van der Waals surface area contributed by atoms with Gasteiger partial charge in [0.1, 0.15) is 0 Å². The zero-order chi connectivity index (χ0) is 15.9. The van der Waals surface area contributed by atoms with Gasteiger partial charge in [0.15, 0.2) is 0 Å². The highest BCUT2D eigenvalue weighted by Crippen LogP contribution is 2.20. The maximum absolute atomic E-state index is 12.5. The third kappa shape index (κ3) is 5.92. The predicted octanol–water partition coefficient (Wildman–Crippen LogP) is 3.71. The molecule has 0 unspecified atom stereocenters. The molecule has 0 bridgehead atoms. The summed E-state index contributed by atoms with van der Waals surface area (Å²) in [7, 11) is -3.54. The van der Waals surface area contributed by atoms with E-state index in [2.05, 4.69) is 39.5 Å². The van der Waals surface area contributed by atoms with E-state index >= 15 is 0 Å². The Morgan fingerprint density at radius 3 is 2.33 bits per heavy atom. The van der Waals surface area contributed by atoms with Crippen LogP contribution in [-0.4, -0.2) is 30.8 Å². The van der Waals surface area contributed by atoms with E-state index in [0.717, 1.165) is 30.2 Å². The van der Waals surface area contributed by atoms with E-state index in [1.165, 1.54) is 4.31 Å². The number of nitrogens with zero attached hydrogens (tertiary/aromatic N) is 2. The predicted molar refractivity (Wildman–Crippen MR) is 90.6 cm³/mol. The molecule has 0 radical (unpaired) electrons. The molecule has 0 aliphatic heterocycles. The molecule has 7 heteroatoms. The zero-order valence-corrected chi connectivity index (χ0v) is 15.3. The Bertz CT molecular complexity index is 541. The van der Waals surface area contributed by atoms with Crippen molar-refractivity contribution in [2.24, 2.45) is 0 Å². The van der Waals surface area contributed by atoms with Crippen molar-refractivity contribution in [1.29, 1.82) is 0 Å². The number of aryl methyl sites for hydroxylation is 1. The molecular formula is C14H24BrN3O2S. The first kappa shape index (κ1) is 18.4. The molecule has 0 spiro atoms. The highest BCUT2D eigenvalue weighted by molar-refractivity contribution is 9.10. The number of rotatable bonds is 9. The Morgan fingerprint density at radius 2 is 1.81 bits per heavy atom. The number of nitrogens with one attached hydrogen (secondary N) is 1. The van der Waals surface area contributed by atoms with Gasteiger partial charge in [0.05, 0.1) is 11.4 Å². The quantitative estimate of drug-likeness (QED) is 0.713. The maximum atomic E-state index is 12.5. The average Bonchev–Trinajstić information content (AvgIpc) is 2.42. The molecule has 0 saturated carbocycles. The lowest BCUT2D eigenvalue weighted by molar-refractivity contribution is 0.398. The van der Waals surface area contributed by atoms with Crippen LogP contribution >= 0.6 is 15.9 Å². The monoisotopic (exact) mass is 377 g/mol. The van der Waals surface area contributed by atoms with Crippen LogP contribution < -0.4 is 4.72 Å². The Morgan fingerprint density at radius 1 is 1.24 bits per heavy atom. The zero-order valence-electron chi connectivity index (χ0n) is 12.9. The summed E-state index contributed by atoms with van der Waals surface area (Å²) in [4.78, 5) is 4.15. The Hall–Kier alpha value is -0.660. The topological polar surface area (TPSA) is 62.3 Å². The van der Waals surface area contributed by atoms with E-state index in [9.17, 15) is 8.42 Å². The largest absolute Gasteiger partial charge is 0.301 e. The van der Waals surface area contributed by atoms with Gasteiger partial charge in [0.25, 0.3) is 0 Å². The number of halogens is 1. The minimum atomic E-state index is -3.54. The molecule has 0 aliphatic rings. The summed E-state index contributed by atoms with van der Waals surface area (Å²) in [5.41, 5.74) is 1.18. The van der Waals surface area contributed by atoms with E-state index in [1.807, 2.05) is 0 Å². The number of aromatic nitrogens is 1. The lowest BCUT2D eigenvalue weighted by Crippen LogP contribution is -2.37. The summed E-state index contributed by atoms with van der Waals surface area (Å²) in [6.45, 7) is 6.99. The summed E-state index contributed by atoms with van der Waals surface area (Å²) in [5.74, 6) is 0. The SMILES string of the molecule is CCCCN(CCCC)S(=O)(=O)Nc1cc(Br)cnc1C. The number of pyridine rings is 1.